The van der Waals surface area contributed by atoms with Gasteiger partial charge in [0.15, 0.2) is 0 Å². The van der Waals surface area contributed by atoms with Crippen LogP contribution in [0.5, 0.6) is 0 Å². The standard InChI is InChI=1S/C16H21F3O/c1-15(2)10-4-3-5-13(15)14(20)11-6-8-12(9-7-11)16(17,18)19/h6-9,13-14,20H,3-5,10H2,1-2H3. The first-order chi connectivity index (χ1) is 9.22. The second-order valence-corrected chi connectivity index (χ2v) is 6.41. The van der Waals surface area contributed by atoms with Crippen molar-refractivity contribution < 1.29 is 18.3 Å². The first-order valence-corrected chi connectivity index (χ1v) is 7.07. The quantitative estimate of drug-likeness (QED) is 0.815. The third kappa shape index (κ3) is 3.17. The average molecular weight is 286 g/mol. The molecule has 0 aliphatic heterocycles. The van der Waals surface area contributed by atoms with Gasteiger partial charge in [-0.15, -0.1) is 0 Å². The van der Waals surface area contributed by atoms with Crippen molar-refractivity contribution >= 4 is 0 Å². The normalized spacial score (nSPS) is 24.4. The van der Waals surface area contributed by atoms with Crippen molar-refractivity contribution in [3.05, 3.63) is 35.4 Å². The fraction of sp³-hybridized carbons (Fsp3) is 0.625. The number of alkyl halides is 3. The van der Waals surface area contributed by atoms with Crippen molar-refractivity contribution in [3.8, 4) is 0 Å². The Balaban J connectivity index is 2.18. The van der Waals surface area contributed by atoms with E-state index < -0.39 is 17.8 Å². The molecular weight excluding hydrogens is 265 g/mol. The summed E-state index contributed by atoms with van der Waals surface area (Å²) >= 11 is 0. The lowest BCUT2D eigenvalue weighted by atomic mass is 9.65. The zero-order valence-electron chi connectivity index (χ0n) is 11.9. The Kier molecular flexibility index (Phi) is 4.14. The molecular formula is C16H21F3O. The minimum atomic E-state index is -4.33. The molecule has 0 bridgehead atoms. The highest BCUT2D eigenvalue weighted by atomic mass is 19.4. The molecule has 0 heterocycles. The molecule has 0 aromatic heterocycles. The van der Waals surface area contributed by atoms with E-state index in [4.69, 9.17) is 0 Å². The van der Waals surface area contributed by atoms with Crippen LogP contribution in [0, 0.1) is 11.3 Å². The first kappa shape index (κ1) is 15.4. The van der Waals surface area contributed by atoms with Gasteiger partial charge in [0.25, 0.3) is 0 Å². The van der Waals surface area contributed by atoms with Crippen LogP contribution in [0.25, 0.3) is 0 Å². The van der Waals surface area contributed by atoms with Gasteiger partial charge in [0, 0.05) is 0 Å². The molecule has 1 saturated carbocycles. The number of aliphatic hydroxyl groups is 1. The highest BCUT2D eigenvalue weighted by Crippen LogP contribution is 2.46. The number of halogens is 3. The molecule has 2 atom stereocenters. The molecule has 0 spiro atoms. The molecule has 0 radical (unpaired) electrons. The first-order valence-electron chi connectivity index (χ1n) is 7.07. The molecule has 0 amide bonds. The monoisotopic (exact) mass is 286 g/mol. The van der Waals surface area contributed by atoms with E-state index in [1.807, 2.05) is 0 Å². The van der Waals surface area contributed by atoms with Crippen molar-refractivity contribution in [2.24, 2.45) is 11.3 Å². The summed E-state index contributed by atoms with van der Waals surface area (Å²) in [5.41, 5.74) is -0.0604. The van der Waals surface area contributed by atoms with E-state index in [1.54, 1.807) is 0 Å². The summed E-state index contributed by atoms with van der Waals surface area (Å²) in [6.45, 7) is 4.26. The van der Waals surface area contributed by atoms with Crippen LogP contribution in [0.1, 0.15) is 56.8 Å². The lowest BCUT2D eigenvalue weighted by Crippen LogP contribution is -2.32. The average Bonchev–Trinajstić information content (AvgIpc) is 2.36. The maximum Gasteiger partial charge on any atom is 0.416 e. The Bertz CT molecular complexity index is 448. The summed E-state index contributed by atoms with van der Waals surface area (Å²) in [6.07, 6.45) is -0.805. The number of hydrogen-bond donors (Lipinski definition) is 1. The summed E-state index contributed by atoms with van der Waals surface area (Å²) < 4.78 is 37.6. The number of benzene rings is 1. The molecule has 4 heteroatoms. The summed E-state index contributed by atoms with van der Waals surface area (Å²) in [6, 6.07) is 4.90. The van der Waals surface area contributed by atoms with Gasteiger partial charge in [-0.1, -0.05) is 38.8 Å². The second-order valence-electron chi connectivity index (χ2n) is 6.41. The molecule has 1 aromatic carbocycles. The molecule has 2 unspecified atom stereocenters. The molecule has 1 nitrogen and oxygen atoms in total. The molecule has 1 aromatic rings. The van der Waals surface area contributed by atoms with E-state index in [1.165, 1.54) is 12.1 Å². The highest BCUT2D eigenvalue weighted by molar-refractivity contribution is 5.26. The third-order valence-electron chi connectivity index (χ3n) is 4.55. The van der Waals surface area contributed by atoms with Crippen molar-refractivity contribution in [2.75, 3.05) is 0 Å². The lowest BCUT2D eigenvalue weighted by molar-refractivity contribution is -0.137. The van der Waals surface area contributed by atoms with E-state index >= 15 is 0 Å². The molecule has 20 heavy (non-hydrogen) atoms. The van der Waals surface area contributed by atoms with Crippen LogP contribution < -0.4 is 0 Å². The van der Waals surface area contributed by atoms with Crippen LogP contribution in [-0.4, -0.2) is 5.11 Å². The molecule has 2 rings (SSSR count). The van der Waals surface area contributed by atoms with E-state index in [9.17, 15) is 18.3 Å². The largest absolute Gasteiger partial charge is 0.416 e. The van der Waals surface area contributed by atoms with Crippen molar-refractivity contribution in [1.82, 2.24) is 0 Å². The van der Waals surface area contributed by atoms with Crippen LogP contribution in [0.2, 0.25) is 0 Å². The van der Waals surface area contributed by atoms with Crippen molar-refractivity contribution in [2.45, 2.75) is 51.8 Å². The second kappa shape index (κ2) is 5.40. The summed E-state index contributed by atoms with van der Waals surface area (Å²) in [5.74, 6) is 0.105. The van der Waals surface area contributed by atoms with E-state index in [0.29, 0.717) is 5.56 Å². The van der Waals surface area contributed by atoms with Gasteiger partial charge < -0.3 is 5.11 Å². The molecule has 1 fully saturated rings. The summed E-state index contributed by atoms with van der Waals surface area (Å²) in [4.78, 5) is 0. The van der Waals surface area contributed by atoms with Crippen LogP contribution in [-0.2, 0) is 6.18 Å². The topological polar surface area (TPSA) is 20.2 Å². The van der Waals surface area contributed by atoms with E-state index in [2.05, 4.69) is 13.8 Å². The third-order valence-corrected chi connectivity index (χ3v) is 4.55. The van der Waals surface area contributed by atoms with Gasteiger partial charge in [0.2, 0.25) is 0 Å². The molecule has 1 aliphatic carbocycles. The number of hydrogen-bond acceptors (Lipinski definition) is 1. The van der Waals surface area contributed by atoms with Crippen LogP contribution in [0.15, 0.2) is 24.3 Å². The predicted molar refractivity (Wildman–Crippen MR) is 72.1 cm³/mol. The van der Waals surface area contributed by atoms with E-state index in [-0.39, 0.29) is 11.3 Å². The van der Waals surface area contributed by atoms with Gasteiger partial charge in [-0.05, 0) is 41.9 Å². The zero-order chi connectivity index (χ0) is 15.0. The predicted octanol–water partition coefficient (Wildman–Crippen LogP) is 4.96. The minimum absolute atomic E-state index is 0.0281. The SMILES string of the molecule is CC1(C)CCCCC1C(O)c1ccc(C(F)(F)F)cc1. The Morgan fingerprint density at radius 3 is 2.25 bits per heavy atom. The van der Waals surface area contributed by atoms with Crippen molar-refractivity contribution in [3.63, 3.8) is 0 Å². The zero-order valence-corrected chi connectivity index (χ0v) is 11.9. The summed E-state index contributed by atoms with van der Waals surface area (Å²) in [7, 11) is 0. The van der Waals surface area contributed by atoms with Crippen LogP contribution in [0.3, 0.4) is 0 Å². The Hall–Kier alpha value is -1.03. The fourth-order valence-corrected chi connectivity index (χ4v) is 3.21. The number of aliphatic hydroxyl groups excluding tert-OH is 1. The smallest absolute Gasteiger partial charge is 0.388 e. The lowest BCUT2D eigenvalue weighted by Gasteiger charge is -2.41. The van der Waals surface area contributed by atoms with Crippen LogP contribution >= 0.6 is 0 Å². The van der Waals surface area contributed by atoms with Gasteiger partial charge in [0.1, 0.15) is 0 Å². The Morgan fingerprint density at radius 1 is 1.15 bits per heavy atom. The van der Waals surface area contributed by atoms with Gasteiger partial charge in [0.05, 0.1) is 11.7 Å². The van der Waals surface area contributed by atoms with Gasteiger partial charge >= 0.3 is 6.18 Å². The number of rotatable bonds is 2. The molecule has 1 aliphatic rings. The van der Waals surface area contributed by atoms with Crippen LogP contribution in [0.4, 0.5) is 13.2 Å². The minimum Gasteiger partial charge on any atom is -0.388 e. The fourth-order valence-electron chi connectivity index (χ4n) is 3.21. The Morgan fingerprint density at radius 2 is 1.75 bits per heavy atom. The maximum absolute atomic E-state index is 12.5. The van der Waals surface area contributed by atoms with Gasteiger partial charge in [-0.3, -0.25) is 0 Å². The highest BCUT2D eigenvalue weighted by Gasteiger charge is 2.37. The molecule has 112 valence electrons. The van der Waals surface area contributed by atoms with Gasteiger partial charge in [-0.2, -0.15) is 13.2 Å². The van der Waals surface area contributed by atoms with Crippen molar-refractivity contribution in [1.29, 1.82) is 0 Å². The van der Waals surface area contributed by atoms with E-state index in [0.717, 1.165) is 37.8 Å². The molecule has 0 saturated heterocycles. The molecule has 1 N–H and O–H groups in total. The maximum atomic E-state index is 12.5. The van der Waals surface area contributed by atoms with Gasteiger partial charge in [-0.25, -0.2) is 0 Å². The Labute approximate surface area is 117 Å². The summed E-state index contributed by atoms with van der Waals surface area (Å²) in [5, 5.41) is 10.5.